The molecule has 1 aliphatic heterocycles. The van der Waals surface area contributed by atoms with Gasteiger partial charge < -0.3 is 9.47 Å². The van der Waals surface area contributed by atoms with Crippen molar-refractivity contribution in [2.45, 2.75) is 38.0 Å². The lowest BCUT2D eigenvalue weighted by Gasteiger charge is -2.24. The topological polar surface area (TPSA) is 90.0 Å². The summed E-state index contributed by atoms with van der Waals surface area (Å²) in [6, 6.07) is -0.836. The van der Waals surface area contributed by atoms with Crippen LogP contribution in [0.2, 0.25) is 0 Å². The van der Waals surface area contributed by atoms with Crippen molar-refractivity contribution in [2.24, 2.45) is 0 Å². The fraction of sp³-hybridized carbons (Fsp3) is 0.818. The number of hydrogen-bond acceptors (Lipinski definition) is 6. The molecule has 0 saturated carbocycles. The first-order valence-corrected chi connectivity index (χ1v) is 7.61. The molecule has 0 aromatic rings. The zero-order chi connectivity index (χ0) is 14.6. The predicted octanol–water partition coefficient (Wildman–Crippen LogP) is -0.0948. The van der Waals surface area contributed by atoms with Crippen molar-refractivity contribution in [1.82, 2.24) is 4.31 Å². The minimum Gasteiger partial charge on any atom is -0.468 e. The molecule has 7 nitrogen and oxygen atoms in total. The van der Waals surface area contributed by atoms with Crippen LogP contribution in [0.15, 0.2) is 0 Å². The van der Waals surface area contributed by atoms with Crippen LogP contribution < -0.4 is 0 Å². The van der Waals surface area contributed by atoms with E-state index >= 15 is 0 Å². The number of hydrogen-bond donors (Lipinski definition) is 0. The number of esters is 2. The molecule has 19 heavy (non-hydrogen) atoms. The number of carbonyl (C=O) groups excluding carboxylic acids is 2. The number of methoxy groups -OCH3 is 1. The summed E-state index contributed by atoms with van der Waals surface area (Å²) in [6.07, 6.45) is 0.975. The van der Waals surface area contributed by atoms with Crippen LogP contribution in [-0.2, 0) is 29.1 Å². The number of rotatable bonds is 5. The Labute approximate surface area is 112 Å². The Bertz CT molecular complexity index is 446. The lowest BCUT2D eigenvalue weighted by atomic mass is 10.2. The highest BCUT2D eigenvalue weighted by atomic mass is 32.2. The normalized spacial score (nSPS) is 21.9. The largest absolute Gasteiger partial charge is 0.468 e. The van der Waals surface area contributed by atoms with Crippen molar-refractivity contribution >= 4 is 22.0 Å². The average molecular weight is 293 g/mol. The predicted molar refractivity (Wildman–Crippen MR) is 66.8 cm³/mol. The fourth-order valence-corrected chi connectivity index (χ4v) is 3.68. The van der Waals surface area contributed by atoms with Gasteiger partial charge in [-0.05, 0) is 26.7 Å². The molecule has 0 aliphatic carbocycles. The lowest BCUT2D eigenvalue weighted by molar-refractivity contribution is -0.147. The molecule has 8 heteroatoms. The average Bonchev–Trinajstić information content (AvgIpc) is 2.87. The van der Waals surface area contributed by atoms with Crippen molar-refractivity contribution < 1.29 is 27.5 Å². The smallest absolute Gasteiger partial charge is 0.325 e. The van der Waals surface area contributed by atoms with E-state index in [2.05, 4.69) is 4.74 Å². The minimum absolute atomic E-state index is 0.190. The maximum absolute atomic E-state index is 12.3. The Morgan fingerprint density at radius 3 is 2.58 bits per heavy atom. The SMILES string of the molecule is CCOC(=O)C1CCCN1S(=O)(=O)C(C)C(=O)OC. The van der Waals surface area contributed by atoms with Gasteiger partial charge in [0.05, 0.1) is 13.7 Å². The van der Waals surface area contributed by atoms with E-state index in [1.807, 2.05) is 0 Å². The van der Waals surface area contributed by atoms with Gasteiger partial charge >= 0.3 is 11.9 Å². The van der Waals surface area contributed by atoms with Crippen LogP contribution in [0.3, 0.4) is 0 Å². The molecule has 0 aromatic heterocycles. The van der Waals surface area contributed by atoms with Gasteiger partial charge in [-0.1, -0.05) is 0 Å². The number of nitrogens with zero attached hydrogens (tertiary/aromatic N) is 1. The summed E-state index contributed by atoms with van der Waals surface area (Å²) < 4.78 is 34.9. The van der Waals surface area contributed by atoms with Crippen LogP contribution >= 0.6 is 0 Å². The second kappa shape index (κ2) is 6.33. The van der Waals surface area contributed by atoms with Crippen molar-refractivity contribution in [3.8, 4) is 0 Å². The van der Waals surface area contributed by atoms with Gasteiger partial charge in [0.1, 0.15) is 6.04 Å². The lowest BCUT2D eigenvalue weighted by Crippen LogP contribution is -2.47. The second-order valence-electron chi connectivity index (χ2n) is 4.23. The van der Waals surface area contributed by atoms with E-state index in [9.17, 15) is 18.0 Å². The number of sulfonamides is 1. The molecule has 0 radical (unpaired) electrons. The third-order valence-electron chi connectivity index (χ3n) is 3.07. The van der Waals surface area contributed by atoms with Crippen molar-refractivity contribution in [3.05, 3.63) is 0 Å². The van der Waals surface area contributed by atoms with Gasteiger partial charge in [-0.25, -0.2) is 8.42 Å². The monoisotopic (exact) mass is 293 g/mol. The summed E-state index contributed by atoms with van der Waals surface area (Å²) in [4.78, 5) is 23.1. The molecule has 0 bridgehead atoms. The summed E-state index contributed by atoms with van der Waals surface area (Å²) in [5.41, 5.74) is 0. The highest BCUT2D eigenvalue weighted by Gasteiger charge is 2.44. The van der Waals surface area contributed by atoms with Crippen LogP contribution in [-0.4, -0.2) is 56.2 Å². The Morgan fingerprint density at radius 1 is 1.42 bits per heavy atom. The van der Waals surface area contributed by atoms with Crippen molar-refractivity contribution in [2.75, 3.05) is 20.3 Å². The Morgan fingerprint density at radius 2 is 2.05 bits per heavy atom. The maximum atomic E-state index is 12.3. The molecule has 1 aliphatic rings. The molecule has 0 aromatic carbocycles. The summed E-state index contributed by atoms with van der Waals surface area (Å²) in [7, 11) is -2.78. The van der Waals surface area contributed by atoms with Gasteiger partial charge in [0.25, 0.3) is 0 Å². The summed E-state index contributed by atoms with van der Waals surface area (Å²) in [5.74, 6) is -1.41. The van der Waals surface area contributed by atoms with E-state index in [0.29, 0.717) is 12.8 Å². The molecule has 2 unspecified atom stereocenters. The van der Waals surface area contributed by atoms with Gasteiger partial charge in [0, 0.05) is 6.54 Å². The first kappa shape index (κ1) is 15.9. The standard InChI is InChI=1S/C11H19NO6S/c1-4-18-11(14)9-6-5-7-12(9)19(15,16)8(2)10(13)17-3/h8-9H,4-7H2,1-3H3. The number of carbonyl (C=O) groups is 2. The quantitative estimate of drug-likeness (QED) is 0.658. The van der Waals surface area contributed by atoms with E-state index in [0.717, 1.165) is 11.4 Å². The molecular weight excluding hydrogens is 274 g/mol. The molecule has 1 rings (SSSR count). The Balaban J connectivity index is 2.93. The van der Waals surface area contributed by atoms with Crippen LogP contribution in [0.1, 0.15) is 26.7 Å². The van der Waals surface area contributed by atoms with E-state index in [4.69, 9.17) is 4.74 Å². The molecular formula is C11H19NO6S. The minimum atomic E-state index is -3.90. The highest BCUT2D eigenvalue weighted by molar-refractivity contribution is 7.90. The molecule has 0 spiro atoms. The molecule has 1 fully saturated rings. The number of ether oxygens (including phenoxy) is 2. The fourth-order valence-electron chi connectivity index (χ4n) is 2.01. The molecule has 1 saturated heterocycles. The van der Waals surface area contributed by atoms with Gasteiger partial charge in [-0.2, -0.15) is 4.31 Å². The Kier molecular flexibility index (Phi) is 5.30. The summed E-state index contributed by atoms with van der Waals surface area (Å²) in [5, 5.41) is -1.33. The van der Waals surface area contributed by atoms with Crippen molar-refractivity contribution in [3.63, 3.8) is 0 Å². The van der Waals surface area contributed by atoms with E-state index < -0.39 is 33.3 Å². The third-order valence-corrected chi connectivity index (χ3v) is 5.25. The van der Waals surface area contributed by atoms with Crippen molar-refractivity contribution in [1.29, 1.82) is 0 Å². The zero-order valence-electron chi connectivity index (χ0n) is 11.3. The summed E-state index contributed by atoms with van der Waals surface area (Å²) in [6.45, 7) is 3.31. The Hall–Kier alpha value is -1.15. The van der Waals surface area contributed by atoms with Crippen LogP contribution in [0.5, 0.6) is 0 Å². The third kappa shape index (κ3) is 3.24. The zero-order valence-corrected chi connectivity index (χ0v) is 12.1. The van der Waals surface area contributed by atoms with Crippen LogP contribution in [0.25, 0.3) is 0 Å². The maximum Gasteiger partial charge on any atom is 0.325 e. The molecule has 0 amide bonds. The first-order valence-electron chi connectivity index (χ1n) is 6.11. The molecule has 1 heterocycles. The van der Waals surface area contributed by atoms with Gasteiger partial charge in [-0.3, -0.25) is 9.59 Å². The van der Waals surface area contributed by atoms with Gasteiger partial charge in [-0.15, -0.1) is 0 Å². The molecule has 2 atom stereocenters. The van der Waals surface area contributed by atoms with Crippen LogP contribution in [0, 0.1) is 0 Å². The van der Waals surface area contributed by atoms with E-state index in [1.165, 1.54) is 6.92 Å². The van der Waals surface area contributed by atoms with E-state index in [-0.39, 0.29) is 13.2 Å². The molecule has 110 valence electrons. The first-order chi connectivity index (χ1) is 8.86. The van der Waals surface area contributed by atoms with Gasteiger partial charge in [0.15, 0.2) is 5.25 Å². The highest BCUT2D eigenvalue weighted by Crippen LogP contribution is 2.25. The summed E-state index contributed by atoms with van der Waals surface area (Å²) >= 11 is 0. The van der Waals surface area contributed by atoms with Gasteiger partial charge in [0.2, 0.25) is 10.0 Å². The van der Waals surface area contributed by atoms with Crippen LogP contribution in [0.4, 0.5) is 0 Å². The second-order valence-corrected chi connectivity index (χ2v) is 6.44. The molecule has 0 N–H and O–H groups in total. The van der Waals surface area contributed by atoms with E-state index in [1.54, 1.807) is 6.92 Å².